The monoisotopic (exact) mass is 801 g/mol. The summed E-state index contributed by atoms with van der Waals surface area (Å²) >= 11 is 0. The number of nitriles is 1. The molecule has 2 aromatic heterocycles. The maximum absolute atomic E-state index is 14.1. The molecule has 3 aromatic rings. The van der Waals surface area contributed by atoms with Crippen molar-refractivity contribution in [1.82, 2.24) is 19.3 Å². The number of hydrogen-bond donors (Lipinski definition) is 2. The molecular formula is C43H70FN6O5P. The van der Waals surface area contributed by atoms with E-state index in [1.54, 1.807) is 22.3 Å². The molecule has 0 bridgehead atoms. The van der Waals surface area contributed by atoms with E-state index in [-0.39, 0.29) is 31.0 Å². The molecule has 0 amide bonds. The summed E-state index contributed by atoms with van der Waals surface area (Å²) in [7, 11) is -0.148. The highest BCUT2D eigenvalue weighted by molar-refractivity contribution is 7.43. The number of anilines is 1. The first kappa shape index (κ1) is 47.6. The Balaban J connectivity index is 0.00000414. The Morgan fingerprint density at radius 3 is 2.27 bits per heavy atom. The minimum Gasteiger partial charge on any atom is -0.382 e. The molecule has 1 aromatic carbocycles. The SMILES string of the molecule is CC.CCCCCCCCCCCCCCCCCCOCC(CN(C)P(O)OCC1CCC(c2ccc3c(N)ncnn23)O1)OCc1cc(F)cc(C#N)c1. The fourth-order valence-electron chi connectivity index (χ4n) is 7.01. The Morgan fingerprint density at radius 1 is 0.982 bits per heavy atom. The van der Waals surface area contributed by atoms with Crippen molar-refractivity contribution in [2.75, 3.05) is 39.1 Å². The van der Waals surface area contributed by atoms with Gasteiger partial charge in [-0.2, -0.15) is 10.4 Å². The smallest absolute Gasteiger partial charge is 0.255 e. The summed E-state index contributed by atoms with van der Waals surface area (Å²) in [6.07, 6.45) is 23.4. The van der Waals surface area contributed by atoms with Gasteiger partial charge in [0, 0.05) is 13.2 Å². The van der Waals surface area contributed by atoms with E-state index in [1.807, 2.05) is 32.0 Å². The Morgan fingerprint density at radius 2 is 1.62 bits per heavy atom. The minimum absolute atomic E-state index is 0.111. The van der Waals surface area contributed by atoms with Crippen LogP contribution in [-0.4, -0.2) is 69.8 Å². The number of halogens is 1. The topological polar surface area (TPSA) is 140 Å². The number of hydrogen-bond acceptors (Lipinski definition) is 10. The van der Waals surface area contributed by atoms with E-state index in [0.29, 0.717) is 31.1 Å². The third-order valence-corrected chi connectivity index (χ3v) is 11.2. The van der Waals surface area contributed by atoms with Crippen molar-refractivity contribution >= 4 is 19.9 Å². The number of likely N-dealkylation sites (N-methyl/N-ethyl adjacent to an activating group) is 1. The van der Waals surface area contributed by atoms with Gasteiger partial charge >= 0.3 is 0 Å². The van der Waals surface area contributed by atoms with E-state index in [0.717, 1.165) is 36.9 Å². The number of aromatic nitrogens is 3. The van der Waals surface area contributed by atoms with Gasteiger partial charge in [-0.15, -0.1) is 0 Å². The summed E-state index contributed by atoms with van der Waals surface area (Å²) in [6.45, 7) is 7.91. The van der Waals surface area contributed by atoms with Gasteiger partial charge < -0.3 is 29.4 Å². The number of fused-ring (bicyclic) bond motifs is 1. The maximum Gasteiger partial charge on any atom is 0.255 e. The first-order chi connectivity index (χ1) is 27.4. The first-order valence-electron chi connectivity index (χ1n) is 21.3. The molecular weight excluding hydrogens is 730 g/mol. The highest BCUT2D eigenvalue weighted by Gasteiger charge is 2.30. The summed E-state index contributed by atoms with van der Waals surface area (Å²) < 4.78 is 41.9. The molecule has 11 nitrogen and oxygen atoms in total. The second-order valence-electron chi connectivity index (χ2n) is 14.7. The highest BCUT2D eigenvalue weighted by Crippen LogP contribution is 2.39. The molecule has 0 spiro atoms. The Kier molecular flexibility index (Phi) is 24.3. The second kappa shape index (κ2) is 28.6. The van der Waals surface area contributed by atoms with Gasteiger partial charge in [0.05, 0.1) is 49.4 Å². The number of nitrogens with zero attached hydrogens (tertiary/aromatic N) is 5. The zero-order chi connectivity index (χ0) is 40.4. The average molecular weight is 801 g/mol. The number of nitrogen functional groups attached to an aromatic ring is 1. The summed E-state index contributed by atoms with van der Waals surface area (Å²) in [6, 6.07) is 10.0. The molecule has 4 unspecified atom stereocenters. The number of rotatable bonds is 29. The molecule has 3 heterocycles. The lowest BCUT2D eigenvalue weighted by Gasteiger charge is -2.27. The predicted molar refractivity (Wildman–Crippen MR) is 223 cm³/mol. The van der Waals surface area contributed by atoms with Crippen LogP contribution in [0.3, 0.4) is 0 Å². The molecule has 4 atom stereocenters. The van der Waals surface area contributed by atoms with Crippen LogP contribution >= 0.6 is 8.53 Å². The zero-order valence-corrected chi connectivity index (χ0v) is 35.6. The Bertz CT molecular complexity index is 1530. The molecule has 1 saturated heterocycles. The van der Waals surface area contributed by atoms with E-state index < -0.39 is 20.4 Å². The largest absolute Gasteiger partial charge is 0.382 e. The van der Waals surface area contributed by atoms with E-state index in [9.17, 15) is 14.5 Å². The van der Waals surface area contributed by atoms with Gasteiger partial charge in [0.2, 0.25) is 0 Å². The number of benzene rings is 1. The van der Waals surface area contributed by atoms with Crippen LogP contribution in [0.1, 0.15) is 159 Å². The second-order valence-corrected chi connectivity index (χ2v) is 16.1. The molecule has 314 valence electrons. The van der Waals surface area contributed by atoms with E-state index in [1.165, 1.54) is 108 Å². The molecule has 3 N–H and O–H groups in total. The minimum atomic E-state index is -1.93. The lowest BCUT2D eigenvalue weighted by molar-refractivity contribution is -0.0328. The molecule has 0 saturated carbocycles. The number of unbranched alkanes of at least 4 members (excludes halogenated alkanes) is 15. The van der Waals surface area contributed by atoms with Crippen molar-refractivity contribution in [2.45, 2.75) is 161 Å². The third kappa shape index (κ3) is 17.8. The molecule has 1 aliphatic heterocycles. The Labute approximate surface area is 337 Å². The van der Waals surface area contributed by atoms with E-state index >= 15 is 0 Å². The first-order valence-corrected chi connectivity index (χ1v) is 22.5. The van der Waals surface area contributed by atoms with Crippen LogP contribution in [0.15, 0.2) is 36.7 Å². The van der Waals surface area contributed by atoms with Crippen molar-refractivity contribution in [3.05, 3.63) is 59.3 Å². The van der Waals surface area contributed by atoms with Gasteiger partial charge in [0.15, 0.2) is 5.82 Å². The normalized spacial score (nSPS) is 16.5. The van der Waals surface area contributed by atoms with E-state index in [4.69, 9.17) is 24.5 Å². The van der Waals surface area contributed by atoms with E-state index in [2.05, 4.69) is 17.0 Å². The van der Waals surface area contributed by atoms with Gasteiger partial charge in [0.1, 0.15) is 23.8 Å². The predicted octanol–water partition coefficient (Wildman–Crippen LogP) is 10.6. The molecule has 0 radical (unpaired) electrons. The van der Waals surface area contributed by atoms with Crippen LogP contribution in [0.2, 0.25) is 0 Å². The molecule has 1 aliphatic rings. The van der Waals surface area contributed by atoms with Crippen LogP contribution < -0.4 is 5.73 Å². The van der Waals surface area contributed by atoms with Gasteiger partial charge in [-0.3, -0.25) is 0 Å². The van der Waals surface area contributed by atoms with Gasteiger partial charge in [-0.1, -0.05) is 117 Å². The number of ether oxygens (including phenoxy) is 3. The zero-order valence-electron chi connectivity index (χ0n) is 34.7. The van der Waals surface area contributed by atoms with Gasteiger partial charge in [0.25, 0.3) is 8.53 Å². The lowest BCUT2D eigenvalue weighted by atomic mass is 10.0. The average Bonchev–Trinajstić information content (AvgIpc) is 3.87. The quantitative estimate of drug-likeness (QED) is 0.0515. The van der Waals surface area contributed by atoms with Crippen LogP contribution in [0, 0.1) is 17.1 Å². The van der Waals surface area contributed by atoms with Crippen molar-refractivity contribution < 1.29 is 28.0 Å². The molecule has 0 aliphatic carbocycles. The lowest BCUT2D eigenvalue weighted by Crippen LogP contribution is -2.32. The Hall–Kier alpha value is -2.75. The van der Waals surface area contributed by atoms with Crippen molar-refractivity contribution in [1.29, 1.82) is 5.26 Å². The van der Waals surface area contributed by atoms with Crippen LogP contribution in [-0.2, 0) is 25.3 Å². The molecule has 4 rings (SSSR count). The van der Waals surface area contributed by atoms with Crippen molar-refractivity contribution in [3.8, 4) is 6.07 Å². The summed E-state index contributed by atoms with van der Waals surface area (Å²) in [5, 5.41) is 13.6. The summed E-state index contributed by atoms with van der Waals surface area (Å²) in [5.74, 6) is -0.0638. The molecule has 1 fully saturated rings. The van der Waals surface area contributed by atoms with Gasteiger partial charge in [-0.05, 0) is 62.2 Å². The fourth-order valence-corrected chi connectivity index (χ4v) is 7.83. The van der Waals surface area contributed by atoms with Crippen molar-refractivity contribution in [2.24, 2.45) is 0 Å². The maximum atomic E-state index is 14.1. The summed E-state index contributed by atoms with van der Waals surface area (Å²) in [4.78, 5) is 15.0. The van der Waals surface area contributed by atoms with Crippen LogP contribution in [0.25, 0.3) is 5.52 Å². The highest BCUT2D eigenvalue weighted by atomic mass is 31.2. The standard InChI is InChI=1S/C41H64FN6O5P.C2H6/c1-3-4-5-6-7-8-9-10-11-12-13-14-15-16-17-18-23-50-30-37(51-29-34-24-33(27-43)25-35(42)26-34)28-47(2)54(49)52-31-36-19-22-40(53-36)38-20-21-39-41(44)45-32-46-48(38)39;1-2/h20-21,24-26,32,36-37,40,49H,3-19,22-23,28-31H2,1-2H3,(H2,44,45,46);1-2H3. The third-order valence-electron chi connectivity index (χ3n) is 10.1. The fraction of sp³-hybridized carbons (Fsp3) is 0.698. The number of nitrogens with two attached hydrogens (primary N) is 1. The van der Waals surface area contributed by atoms with Gasteiger partial charge in [-0.25, -0.2) is 18.6 Å². The van der Waals surface area contributed by atoms with Crippen molar-refractivity contribution in [3.63, 3.8) is 0 Å². The molecule has 13 heteroatoms. The van der Waals surface area contributed by atoms with Crippen LogP contribution in [0.5, 0.6) is 0 Å². The van der Waals surface area contributed by atoms with Crippen LogP contribution in [0.4, 0.5) is 10.2 Å². The summed E-state index contributed by atoms with van der Waals surface area (Å²) in [5.41, 5.74) is 8.45. The molecule has 56 heavy (non-hydrogen) atoms.